The normalized spacial score (nSPS) is 19.4. The molecule has 2 fully saturated rings. The highest BCUT2D eigenvalue weighted by Crippen LogP contribution is 2.31. The summed E-state index contributed by atoms with van der Waals surface area (Å²) >= 11 is 6.27. The average Bonchev–Trinajstić information content (AvgIpc) is 3.47. The quantitative estimate of drug-likeness (QED) is 0.389. The molecule has 0 spiro atoms. The standard InChI is InChI=1S/C30H36ClN3O4S/c1-32(24-14-18-33(19-15-24)17-13-22-6-3-8-25(20-22)38-2)30(35)29-10-5-16-34(29)39(36,37)26-11-12-27-23(21-26)7-4-9-28(27)31/h3-4,6-9,11-12,20-21,24,29H,5,10,13-19H2,1-2H3/t29-/m0/s1. The minimum atomic E-state index is -3.82. The number of piperidine rings is 1. The lowest BCUT2D eigenvalue weighted by atomic mass is 10.0. The molecule has 3 aromatic carbocycles. The van der Waals surface area contributed by atoms with Crippen molar-refractivity contribution in [1.29, 1.82) is 0 Å². The number of sulfonamides is 1. The van der Waals surface area contributed by atoms with E-state index < -0.39 is 16.1 Å². The van der Waals surface area contributed by atoms with Gasteiger partial charge < -0.3 is 14.5 Å². The maximum absolute atomic E-state index is 13.7. The SMILES string of the molecule is COc1cccc(CCN2CCC(N(C)C(=O)[C@@H]3CCCN3S(=O)(=O)c3ccc4c(Cl)cccc4c3)CC2)c1. The molecule has 0 unspecified atom stereocenters. The van der Waals surface area contributed by atoms with E-state index in [2.05, 4.69) is 17.0 Å². The zero-order chi connectivity index (χ0) is 27.6. The summed E-state index contributed by atoms with van der Waals surface area (Å²) in [7, 11) is -0.308. The third kappa shape index (κ3) is 5.94. The Labute approximate surface area is 236 Å². The first kappa shape index (κ1) is 27.9. The second kappa shape index (κ2) is 11.8. The summed E-state index contributed by atoms with van der Waals surface area (Å²) in [6, 6.07) is 18.0. The molecule has 3 aromatic rings. The van der Waals surface area contributed by atoms with Crippen LogP contribution in [0.1, 0.15) is 31.2 Å². The van der Waals surface area contributed by atoms with Gasteiger partial charge in [0.2, 0.25) is 15.9 Å². The van der Waals surface area contributed by atoms with Gasteiger partial charge >= 0.3 is 0 Å². The highest BCUT2D eigenvalue weighted by molar-refractivity contribution is 7.89. The topological polar surface area (TPSA) is 70.2 Å². The summed E-state index contributed by atoms with van der Waals surface area (Å²) in [5.41, 5.74) is 1.25. The van der Waals surface area contributed by atoms with E-state index >= 15 is 0 Å². The number of carbonyl (C=O) groups excluding carboxylic acids is 1. The number of hydrogen-bond acceptors (Lipinski definition) is 5. The maximum Gasteiger partial charge on any atom is 0.243 e. The number of likely N-dealkylation sites (tertiary alicyclic amines) is 1. The van der Waals surface area contributed by atoms with Crippen molar-refractivity contribution >= 4 is 38.3 Å². The van der Waals surface area contributed by atoms with E-state index in [0.29, 0.717) is 24.4 Å². The van der Waals surface area contributed by atoms with Crippen molar-refractivity contribution in [1.82, 2.24) is 14.1 Å². The molecule has 0 N–H and O–H groups in total. The molecular weight excluding hydrogens is 534 g/mol. The molecule has 5 rings (SSSR count). The highest BCUT2D eigenvalue weighted by atomic mass is 35.5. The van der Waals surface area contributed by atoms with Gasteiger partial charge in [-0.3, -0.25) is 4.79 Å². The molecule has 0 bridgehead atoms. The Morgan fingerprint density at radius 3 is 2.56 bits per heavy atom. The Hall–Kier alpha value is -2.65. The monoisotopic (exact) mass is 569 g/mol. The first-order valence-electron chi connectivity index (χ1n) is 13.6. The number of amides is 1. The minimum Gasteiger partial charge on any atom is -0.497 e. The van der Waals surface area contributed by atoms with Crippen LogP contribution in [0.2, 0.25) is 5.02 Å². The van der Waals surface area contributed by atoms with Gasteiger partial charge in [0.05, 0.1) is 12.0 Å². The molecule has 1 atom stereocenters. The molecule has 2 saturated heterocycles. The second-order valence-corrected chi connectivity index (χ2v) is 12.8. The lowest BCUT2D eigenvalue weighted by molar-refractivity contribution is -0.136. The van der Waals surface area contributed by atoms with Gasteiger partial charge in [0.25, 0.3) is 0 Å². The van der Waals surface area contributed by atoms with Crippen LogP contribution in [0.15, 0.2) is 65.6 Å². The first-order valence-corrected chi connectivity index (χ1v) is 15.4. The summed E-state index contributed by atoms with van der Waals surface area (Å²) in [4.78, 5) is 18.1. The molecule has 0 radical (unpaired) electrons. The van der Waals surface area contributed by atoms with Crippen molar-refractivity contribution in [2.75, 3.05) is 40.3 Å². The number of methoxy groups -OCH3 is 1. The van der Waals surface area contributed by atoms with Crippen molar-refractivity contribution in [2.45, 2.75) is 49.1 Å². The number of likely N-dealkylation sites (N-methyl/N-ethyl adjacent to an activating group) is 1. The smallest absolute Gasteiger partial charge is 0.243 e. The van der Waals surface area contributed by atoms with Gasteiger partial charge in [-0.2, -0.15) is 4.31 Å². The summed E-state index contributed by atoms with van der Waals surface area (Å²) in [5.74, 6) is 0.772. The number of benzene rings is 3. The predicted molar refractivity (Wildman–Crippen MR) is 155 cm³/mol. The van der Waals surface area contributed by atoms with E-state index in [9.17, 15) is 13.2 Å². The molecule has 2 aliphatic rings. The summed E-state index contributed by atoms with van der Waals surface area (Å²) in [5, 5.41) is 2.15. The van der Waals surface area contributed by atoms with Gasteiger partial charge in [0.15, 0.2) is 0 Å². The lowest BCUT2D eigenvalue weighted by Gasteiger charge is -2.38. The summed E-state index contributed by atoms with van der Waals surface area (Å²) < 4.78 is 34.0. The van der Waals surface area contributed by atoms with Crippen LogP contribution in [0, 0.1) is 0 Å². The van der Waals surface area contributed by atoms with Crippen LogP contribution in [0.4, 0.5) is 0 Å². The van der Waals surface area contributed by atoms with Crippen LogP contribution in [0.5, 0.6) is 5.75 Å². The third-order valence-electron chi connectivity index (χ3n) is 8.20. The number of nitrogens with zero attached hydrogens (tertiary/aromatic N) is 3. The molecule has 7 nitrogen and oxygen atoms in total. The van der Waals surface area contributed by atoms with E-state index in [1.54, 1.807) is 36.3 Å². The number of rotatable bonds is 8. The number of carbonyl (C=O) groups is 1. The van der Waals surface area contributed by atoms with Crippen LogP contribution >= 0.6 is 11.6 Å². The van der Waals surface area contributed by atoms with Crippen molar-refractivity contribution in [2.24, 2.45) is 0 Å². The van der Waals surface area contributed by atoms with Gasteiger partial charge in [-0.15, -0.1) is 0 Å². The van der Waals surface area contributed by atoms with Crippen molar-refractivity contribution in [3.63, 3.8) is 0 Å². The van der Waals surface area contributed by atoms with Crippen LogP contribution in [0.3, 0.4) is 0 Å². The van der Waals surface area contributed by atoms with Crippen LogP contribution in [0.25, 0.3) is 10.8 Å². The number of fused-ring (bicyclic) bond motifs is 1. The maximum atomic E-state index is 13.7. The van der Waals surface area contributed by atoms with Gasteiger partial charge in [-0.1, -0.05) is 41.9 Å². The molecule has 2 heterocycles. The molecule has 39 heavy (non-hydrogen) atoms. The number of hydrogen-bond donors (Lipinski definition) is 0. The van der Waals surface area contributed by atoms with Crippen molar-refractivity contribution in [3.05, 3.63) is 71.2 Å². The predicted octanol–water partition coefficient (Wildman–Crippen LogP) is 4.82. The number of ether oxygens (including phenoxy) is 1. The molecule has 0 aliphatic carbocycles. The van der Waals surface area contributed by atoms with Crippen LogP contribution < -0.4 is 4.74 Å². The Morgan fingerprint density at radius 1 is 1.03 bits per heavy atom. The second-order valence-electron chi connectivity index (χ2n) is 10.5. The Bertz CT molecular complexity index is 1440. The van der Waals surface area contributed by atoms with Crippen LogP contribution in [-0.4, -0.2) is 80.9 Å². The minimum absolute atomic E-state index is 0.102. The Balaban J connectivity index is 1.20. The first-order chi connectivity index (χ1) is 18.8. The molecule has 9 heteroatoms. The Morgan fingerprint density at radius 2 is 1.79 bits per heavy atom. The third-order valence-corrected chi connectivity index (χ3v) is 10.4. The molecule has 0 saturated carbocycles. The molecule has 208 valence electrons. The fourth-order valence-electron chi connectivity index (χ4n) is 5.85. The largest absolute Gasteiger partial charge is 0.497 e. The van der Waals surface area contributed by atoms with Crippen molar-refractivity contribution in [3.8, 4) is 5.75 Å². The fraction of sp³-hybridized carbons (Fsp3) is 0.433. The lowest BCUT2D eigenvalue weighted by Crippen LogP contribution is -2.52. The molecule has 1 amide bonds. The van der Waals surface area contributed by atoms with E-state index in [-0.39, 0.29) is 16.8 Å². The van der Waals surface area contributed by atoms with Crippen molar-refractivity contribution < 1.29 is 17.9 Å². The fourth-order valence-corrected chi connectivity index (χ4v) is 7.78. The summed E-state index contributed by atoms with van der Waals surface area (Å²) in [6.07, 6.45) is 3.93. The van der Waals surface area contributed by atoms with Gasteiger partial charge in [0, 0.05) is 49.7 Å². The molecule has 2 aliphatic heterocycles. The zero-order valence-corrected chi connectivity index (χ0v) is 24.1. The van der Waals surface area contributed by atoms with E-state index in [0.717, 1.165) is 55.4 Å². The average molecular weight is 570 g/mol. The zero-order valence-electron chi connectivity index (χ0n) is 22.6. The van der Waals surface area contributed by atoms with Gasteiger partial charge in [-0.05, 0) is 73.4 Å². The number of halogens is 1. The Kier molecular flexibility index (Phi) is 8.47. The highest BCUT2D eigenvalue weighted by Gasteiger charge is 2.42. The molecule has 0 aromatic heterocycles. The summed E-state index contributed by atoms with van der Waals surface area (Å²) in [6.45, 7) is 3.14. The van der Waals surface area contributed by atoms with Gasteiger partial charge in [-0.25, -0.2) is 8.42 Å². The molecular formula is C30H36ClN3O4S. The van der Waals surface area contributed by atoms with E-state index in [4.69, 9.17) is 16.3 Å². The van der Waals surface area contributed by atoms with E-state index in [1.807, 2.05) is 31.3 Å². The van der Waals surface area contributed by atoms with Gasteiger partial charge in [0.1, 0.15) is 11.8 Å². The van der Waals surface area contributed by atoms with E-state index in [1.165, 1.54) is 9.87 Å². The van der Waals surface area contributed by atoms with Crippen LogP contribution in [-0.2, 0) is 21.2 Å².